The summed E-state index contributed by atoms with van der Waals surface area (Å²) in [5.41, 5.74) is 1.71. The topological polar surface area (TPSA) is 58.6 Å². The van der Waals surface area contributed by atoms with Gasteiger partial charge in [-0.1, -0.05) is 61.0 Å². The molecule has 0 aliphatic carbocycles. The van der Waals surface area contributed by atoms with Gasteiger partial charge in [0.1, 0.15) is 6.04 Å². The van der Waals surface area contributed by atoms with Crippen LogP contribution in [0.4, 0.5) is 0 Å². The first kappa shape index (κ1) is 22.9. The molecule has 29 heavy (non-hydrogen) atoms. The molecule has 0 saturated carbocycles. The van der Waals surface area contributed by atoms with Gasteiger partial charge in [0.15, 0.2) is 0 Å². The predicted molar refractivity (Wildman–Crippen MR) is 116 cm³/mol. The molecule has 0 aliphatic rings. The summed E-state index contributed by atoms with van der Waals surface area (Å²) in [5.74, 6) is -0.242. The van der Waals surface area contributed by atoms with Crippen molar-refractivity contribution in [2.45, 2.75) is 38.8 Å². The van der Waals surface area contributed by atoms with E-state index in [0.717, 1.165) is 11.1 Å². The van der Waals surface area contributed by atoms with Crippen LogP contribution in [0.15, 0.2) is 54.6 Å². The molecule has 2 amide bonds. The maximum Gasteiger partial charge on any atom is 0.247 e. The molecule has 2 rings (SSSR count). The van der Waals surface area contributed by atoms with Gasteiger partial charge in [0, 0.05) is 38.2 Å². The number of benzene rings is 2. The number of halogens is 1. The number of hydrogen-bond acceptors (Lipinski definition) is 3. The van der Waals surface area contributed by atoms with Crippen LogP contribution in [0.5, 0.6) is 0 Å². The lowest BCUT2D eigenvalue weighted by molar-refractivity contribution is -0.141. The molecular formula is C23H29ClN2O3. The molecule has 156 valence electrons. The second-order valence-electron chi connectivity index (χ2n) is 6.85. The third-order valence-electron chi connectivity index (χ3n) is 4.55. The summed E-state index contributed by atoms with van der Waals surface area (Å²) in [6.07, 6.45) is 1.81. The van der Waals surface area contributed by atoms with Crippen LogP contribution in [0.3, 0.4) is 0 Å². The predicted octanol–water partition coefficient (Wildman–Crippen LogP) is 4.36. The zero-order valence-corrected chi connectivity index (χ0v) is 17.8. The minimum atomic E-state index is -0.700. The van der Waals surface area contributed by atoms with Gasteiger partial charge in [-0.2, -0.15) is 0 Å². The van der Waals surface area contributed by atoms with Crippen LogP contribution in [-0.4, -0.2) is 37.0 Å². The normalized spacial score (nSPS) is 11.7. The number of methoxy groups -OCH3 is 1. The molecule has 0 heterocycles. The number of amides is 2. The highest BCUT2D eigenvalue weighted by Crippen LogP contribution is 2.25. The van der Waals surface area contributed by atoms with Gasteiger partial charge >= 0.3 is 0 Å². The van der Waals surface area contributed by atoms with E-state index in [1.807, 2.05) is 49.4 Å². The van der Waals surface area contributed by atoms with Gasteiger partial charge in [-0.05, 0) is 36.1 Å². The SMILES string of the molecule is CCCC(=O)N(Cc1ccc(Cl)cc1)[C@@H](C(=O)NCCCOC)c1ccccc1. The molecule has 0 aromatic heterocycles. The Balaban J connectivity index is 2.32. The summed E-state index contributed by atoms with van der Waals surface area (Å²) in [6, 6.07) is 16.1. The first-order valence-corrected chi connectivity index (χ1v) is 10.3. The summed E-state index contributed by atoms with van der Waals surface area (Å²) in [6.45, 7) is 3.36. The Morgan fingerprint density at radius 3 is 2.41 bits per heavy atom. The molecule has 6 heteroatoms. The fourth-order valence-electron chi connectivity index (χ4n) is 3.10. The van der Waals surface area contributed by atoms with E-state index in [-0.39, 0.29) is 11.8 Å². The molecule has 5 nitrogen and oxygen atoms in total. The Morgan fingerprint density at radius 1 is 1.10 bits per heavy atom. The maximum absolute atomic E-state index is 13.1. The largest absolute Gasteiger partial charge is 0.385 e. The standard InChI is InChI=1S/C23H29ClN2O3/c1-3-8-21(27)26(17-18-11-13-20(24)14-12-18)22(19-9-5-4-6-10-19)23(28)25-15-7-16-29-2/h4-6,9-14,22H,3,7-8,15-17H2,1-2H3,(H,25,28)/t22-/m1/s1. The van der Waals surface area contributed by atoms with Crippen molar-refractivity contribution in [1.82, 2.24) is 10.2 Å². The molecule has 0 radical (unpaired) electrons. The average molecular weight is 417 g/mol. The van der Waals surface area contributed by atoms with Crippen LogP contribution in [0.25, 0.3) is 0 Å². The molecule has 0 fully saturated rings. The lowest BCUT2D eigenvalue weighted by Crippen LogP contribution is -2.43. The van der Waals surface area contributed by atoms with Gasteiger partial charge in [-0.3, -0.25) is 9.59 Å². The van der Waals surface area contributed by atoms with Crippen LogP contribution < -0.4 is 5.32 Å². The fourth-order valence-corrected chi connectivity index (χ4v) is 3.23. The summed E-state index contributed by atoms with van der Waals surface area (Å²) >= 11 is 6.00. The zero-order chi connectivity index (χ0) is 21.1. The molecule has 0 unspecified atom stereocenters. The van der Waals surface area contributed by atoms with Crippen molar-refractivity contribution in [2.24, 2.45) is 0 Å². The second-order valence-corrected chi connectivity index (χ2v) is 7.29. The minimum Gasteiger partial charge on any atom is -0.385 e. The van der Waals surface area contributed by atoms with Crippen LogP contribution in [0, 0.1) is 0 Å². The van der Waals surface area contributed by atoms with Crippen molar-refractivity contribution >= 4 is 23.4 Å². The van der Waals surface area contributed by atoms with E-state index >= 15 is 0 Å². The number of carbonyl (C=O) groups excluding carboxylic acids is 2. The van der Waals surface area contributed by atoms with E-state index < -0.39 is 6.04 Å². The number of hydrogen-bond donors (Lipinski definition) is 1. The van der Waals surface area contributed by atoms with Crippen LogP contribution in [0.2, 0.25) is 5.02 Å². The third kappa shape index (κ3) is 7.18. The summed E-state index contributed by atoms with van der Waals surface area (Å²) in [4.78, 5) is 27.8. The Labute approximate surface area is 178 Å². The van der Waals surface area contributed by atoms with Gasteiger partial charge in [0.05, 0.1) is 0 Å². The Morgan fingerprint density at radius 2 is 1.79 bits per heavy atom. The lowest BCUT2D eigenvalue weighted by Gasteiger charge is -2.31. The molecule has 0 bridgehead atoms. The summed E-state index contributed by atoms with van der Waals surface area (Å²) in [5, 5.41) is 3.59. The average Bonchev–Trinajstić information content (AvgIpc) is 2.73. The Bertz CT molecular complexity index is 765. The van der Waals surface area contributed by atoms with Crippen molar-refractivity contribution in [1.29, 1.82) is 0 Å². The highest BCUT2D eigenvalue weighted by atomic mass is 35.5. The lowest BCUT2D eigenvalue weighted by atomic mass is 10.0. The molecular weight excluding hydrogens is 388 g/mol. The van der Waals surface area contributed by atoms with Gasteiger partial charge in [0.2, 0.25) is 11.8 Å². The molecule has 1 atom stereocenters. The maximum atomic E-state index is 13.1. The van der Waals surface area contributed by atoms with Gasteiger partial charge in [-0.15, -0.1) is 0 Å². The monoisotopic (exact) mass is 416 g/mol. The number of nitrogens with one attached hydrogen (secondary N) is 1. The van der Waals surface area contributed by atoms with Crippen LogP contribution in [-0.2, 0) is 20.9 Å². The van der Waals surface area contributed by atoms with E-state index in [2.05, 4.69) is 5.32 Å². The molecule has 1 N–H and O–H groups in total. The first-order chi connectivity index (χ1) is 14.1. The van der Waals surface area contributed by atoms with Gasteiger partial charge < -0.3 is 15.0 Å². The van der Waals surface area contributed by atoms with E-state index in [9.17, 15) is 9.59 Å². The van der Waals surface area contributed by atoms with Crippen LogP contribution >= 0.6 is 11.6 Å². The summed E-state index contributed by atoms with van der Waals surface area (Å²) in [7, 11) is 1.63. The summed E-state index contributed by atoms with van der Waals surface area (Å²) < 4.78 is 5.05. The van der Waals surface area contributed by atoms with Crippen molar-refractivity contribution in [3.8, 4) is 0 Å². The highest BCUT2D eigenvalue weighted by Gasteiger charge is 2.30. The number of carbonyl (C=O) groups is 2. The van der Waals surface area contributed by atoms with Crippen LogP contribution in [0.1, 0.15) is 43.4 Å². The molecule has 2 aromatic rings. The van der Waals surface area contributed by atoms with Crippen molar-refractivity contribution in [3.63, 3.8) is 0 Å². The van der Waals surface area contributed by atoms with Crippen molar-refractivity contribution in [3.05, 3.63) is 70.7 Å². The third-order valence-corrected chi connectivity index (χ3v) is 4.80. The molecule has 2 aromatic carbocycles. The fraction of sp³-hybridized carbons (Fsp3) is 0.391. The first-order valence-electron chi connectivity index (χ1n) is 9.92. The van der Waals surface area contributed by atoms with E-state index in [4.69, 9.17) is 16.3 Å². The quantitative estimate of drug-likeness (QED) is 0.553. The minimum absolute atomic E-state index is 0.0525. The van der Waals surface area contributed by atoms with E-state index in [1.54, 1.807) is 24.1 Å². The number of ether oxygens (including phenoxy) is 1. The second kappa shape index (κ2) is 12.2. The van der Waals surface area contributed by atoms with Crippen molar-refractivity contribution in [2.75, 3.05) is 20.3 Å². The van der Waals surface area contributed by atoms with E-state index in [1.165, 1.54) is 0 Å². The Hall–Kier alpha value is -2.37. The molecule has 0 saturated heterocycles. The number of nitrogens with zero attached hydrogens (tertiary/aromatic N) is 1. The van der Waals surface area contributed by atoms with E-state index in [0.29, 0.717) is 44.0 Å². The Kier molecular flexibility index (Phi) is 9.68. The smallest absolute Gasteiger partial charge is 0.247 e. The molecule has 0 aliphatic heterocycles. The number of rotatable bonds is 11. The zero-order valence-electron chi connectivity index (χ0n) is 17.1. The van der Waals surface area contributed by atoms with Gasteiger partial charge in [-0.25, -0.2) is 0 Å². The highest BCUT2D eigenvalue weighted by molar-refractivity contribution is 6.30. The van der Waals surface area contributed by atoms with Gasteiger partial charge in [0.25, 0.3) is 0 Å². The molecule has 0 spiro atoms. The van der Waals surface area contributed by atoms with Crippen molar-refractivity contribution < 1.29 is 14.3 Å².